The normalized spacial score (nSPS) is 16.0. The summed E-state index contributed by atoms with van der Waals surface area (Å²) in [6.07, 6.45) is 0.925. The average molecular weight is 411 g/mol. The van der Waals surface area contributed by atoms with E-state index in [1.54, 1.807) is 0 Å². The van der Waals surface area contributed by atoms with Crippen LogP contribution in [0.3, 0.4) is 0 Å². The van der Waals surface area contributed by atoms with Gasteiger partial charge in [-0.3, -0.25) is 4.79 Å². The molecule has 3 rings (SSSR count). The topological polar surface area (TPSA) is 40.5 Å². The molecule has 164 valence electrons. The van der Waals surface area contributed by atoms with E-state index in [4.69, 9.17) is 0 Å². The van der Waals surface area contributed by atoms with Crippen molar-refractivity contribution in [2.45, 2.75) is 60.5 Å². The predicted molar refractivity (Wildman–Crippen MR) is 126 cm³/mol. The number of carbonyl (C=O) groups is 1. The minimum atomic E-state index is 0.0389. The number of aryl methyl sites for hydroxylation is 1. The van der Waals surface area contributed by atoms with Gasteiger partial charge in [0.05, 0.1) is 5.69 Å². The molecule has 2 aromatic rings. The first-order chi connectivity index (χ1) is 14.4. The number of benzene rings is 1. The number of rotatable bonds is 7. The molecule has 2 heterocycles. The number of hydrogen-bond donors (Lipinski definition) is 1. The van der Waals surface area contributed by atoms with Crippen molar-refractivity contribution in [1.82, 2.24) is 14.8 Å². The Balaban J connectivity index is 2.02. The summed E-state index contributed by atoms with van der Waals surface area (Å²) in [7, 11) is 0. The van der Waals surface area contributed by atoms with Crippen molar-refractivity contribution in [3.05, 3.63) is 52.3 Å². The van der Waals surface area contributed by atoms with Crippen LogP contribution in [0.5, 0.6) is 0 Å². The number of likely N-dealkylation sites (N-methyl/N-ethyl adjacent to an activating group) is 1. The van der Waals surface area contributed by atoms with Gasteiger partial charge in [-0.05, 0) is 51.8 Å². The maximum Gasteiger partial charge on any atom is 0.268 e. The molecule has 0 radical (unpaired) electrons. The lowest BCUT2D eigenvalue weighted by Crippen LogP contribution is -2.46. The molecular weight excluding hydrogens is 372 g/mol. The maximum absolute atomic E-state index is 13.3. The minimum absolute atomic E-state index is 0.0389. The van der Waals surface area contributed by atoms with E-state index in [1.807, 2.05) is 0 Å². The Morgan fingerprint density at radius 1 is 1.07 bits per heavy atom. The Bertz CT molecular complexity index is 878. The molecule has 5 nitrogen and oxygen atoms in total. The molecule has 1 fully saturated rings. The highest BCUT2D eigenvalue weighted by atomic mass is 16.2. The van der Waals surface area contributed by atoms with Crippen molar-refractivity contribution < 1.29 is 4.79 Å². The largest absolute Gasteiger partial charge is 0.367 e. The van der Waals surface area contributed by atoms with Crippen molar-refractivity contribution in [1.29, 1.82) is 0 Å². The summed E-state index contributed by atoms with van der Waals surface area (Å²) in [4.78, 5) is 18.3. The fourth-order valence-electron chi connectivity index (χ4n) is 4.48. The van der Waals surface area contributed by atoms with Gasteiger partial charge in [-0.15, -0.1) is 0 Å². The second kappa shape index (κ2) is 9.69. The van der Waals surface area contributed by atoms with E-state index in [0.29, 0.717) is 0 Å². The molecular formula is C25H38N4O. The van der Waals surface area contributed by atoms with Crippen LogP contribution in [0.15, 0.2) is 24.3 Å². The summed E-state index contributed by atoms with van der Waals surface area (Å²) >= 11 is 0. The smallest absolute Gasteiger partial charge is 0.268 e. The molecule has 0 saturated carbocycles. The van der Waals surface area contributed by atoms with Crippen molar-refractivity contribution >= 4 is 11.6 Å². The minimum Gasteiger partial charge on any atom is -0.367 e. The number of piperazine rings is 1. The van der Waals surface area contributed by atoms with Crippen LogP contribution >= 0.6 is 0 Å². The van der Waals surface area contributed by atoms with Crippen LogP contribution in [0.1, 0.15) is 60.1 Å². The van der Waals surface area contributed by atoms with Crippen molar-refractivity contribution in [3.8, 4) is 0 Å². The first-order valence-corrected chi connectivity index (χ1v) is 11.4. The maximum atomic E-state index is 13.3. The summed E-state index contributed by atoms with van der Waals surface area (Å²) in [6, 6.07) is 8.63. The number of aromatic nitrogens is 1. The van der Waals surface area contributed by atoms with Gasteiger partial charge in [-0.2, -0.15) is 0 Å². The highest BCUT2D eigenvalue weighted by Crippen LogP contribution is 2.32. The highest BCUT2D eigenvalue weighted by molar-refractivity contribution is 5.96. The van der Waals surface area contributed by atoms with E-state index in [2.05, 4.69) is 85.5 Å². The van der Waals surface area contributed by atoms with Crippen LogP contribution in [-0.2, 0) is 6.54 Å². The Hall–Kier alpha value is -2.27. The fraction of sp³-hybridized carbons (Fsp3) is 0.560. The first-order valence-electron chi connectivity index (χ1n) is 11.4. The van der Waals surface area contributed by atoms with E-state index >= 15 is 0 Å². The molecule has 0 bridgehead atoms. The van der Waals surface area contributed by atoms with E-state index in [9.17, 15) is 4.79 Å². The zero-order chi connectivity index (χ0) is 21.8. The Kier molecular flexibility index (Phi) is 7.24. The third kappa shape index (κ3) is 4.56. The lowest BCUT2D eigenvalue weighted by atomic mass is 10.1. The number of anilines is 1. The van der Waals surface area contributed by atoms with E-state index in [1.165, 1.54) is 22.5 Å². The molecule has 1 aromatic heterocycles. The first kappa shape index (κ1) is 22.4. The molecule has 5 heteroatoms. The molecule has 0 unspecified atom stereocenters. The van der Waals surface area contributed by atoms with Gasteiger partial charge < -0.3 is 19.7 Å². The number of nitrogens with zero attached hydrogens (tertiary/aromatic N) is 3. The van der Waals surface area contributed by atoms with E-state index in [-0.39, 0.29) is 11.9 Å². The SMILES string of the molecule is CC[C@H](C)NC(=O)c1c(C)c(N2CCN(CC)CC2)c(C)n1Cc1ccccc1C. The number of carbonyl (C=O) groups excluding carboxylic acids is 1. The molecule has 1 atom stereocenters. The van der Waals surface area contributed by atoms with Gasteiger partial charge >= 0.3 is 0 Å². The van der Waals surface area contributed by atoms with E-state index < -0.39 is 0 Å². The number of amides is 1. The molecule has 1 aliphatic heterocycles. The van der Waals surface area contributed by atoms with Crippen LogP contribution in [0.2, 0.25) is 0 Å². The van der Waals surface area contributed by atoms with Gasteiger partial charge in [0, 0.05) is 50.0 Å². The van der Waals surface area contributed by atoms with Gasteiger partial charge in [0.25, 0.3) is 5.91 Å². The van der Waals surface area contributed by atoms with Crippen LogP contribution in [0.4, 0.5) is 5.69 Å². The van der Waals surface area contributed by atoms with Crippen LogP contribution in [0, 0.1) is 20.8 Å². The number of hydrogen-bond acceptors (Lipinski definition) is 3. The molecule has 1 saturated heterocycles. The second-order valence-corrected chi connectivity index (χ2v) is 8.62. The van der Waals surface area contributed by atoms with Crippen molar-refractivity contribution in [2.75, 3.05) is 37.6 Å². The fourth-order valence-corrected chi connectivity index (χ4v) is 4.48. The quantitative estimate of drug-likeness (QED) is 0.746. The zero-order valence-electron chi connectivity index (χ0n) is 19.6. The van der Waals surface area contributed by atoms with Crippen molar-refractivity contribution in [2.24, 2.45) is 0 Å². The molecule has 0 aliphatic carbocycles. The number of nitrogens with one attached hydrogen (secondary N) is 1. The molecule has 30 heavy (non-hydrogen) atoms. The summed E-state index contributed by atoms with van der Waals surface area (Å²) in [5, 5.41) is 3.20. The third-order valence-electron chi connectivity index (χ3n) is 6.66. The Labute approximate surface area is 182 Å². The monoisotopic (exact) mass is 410 g/mol. The zero-order valence-corrected chi connectivity index (χ0v) is 19.6. The second-order valence-electron chi connectivity index (χ2n) is 8.62. The lowest BCUT2D eigenvalue weighted by Gasteiger charge is -2.36. The summed E-state index contributed by atoms with van der Waals surface area (Å²) in [5.74, 6) is 0.0389. The summed E-state index contributed by atoms with van der Waals surface area (Å²) < 4.78 is 2.23. The summed E-state index contributed by atoms with van der Waals surface area (Å²) in [6.45, 7) is 18.8. The molecule has 0 spiro atoms. The average Bonchev–Trinajstić information content (AvgIpc) is 2.99. The van der Waals surface area contributed by atoms with Crippen LogP contribution in [0.25, 0.3) is 0 Å². The molecule has 1 aromatic carbocycles. The van der Waals surface area contributed by atoms with Crippen LogP contribution in [-0.4, -0.2) is 54.1 Å². The van der Waals surface area contributed by atoms with Gasteiger partial charge in [-0.25, -0.2) is 0 Å². The highest BCUT2D eigenvalue weighted by Gasteiger charge is 2.28. The molecule has 1 N–H and O–H groups in total. The van der Waals surface area contributed by atoms with Gasteiger partial charge in [-0.1, -0.05) is 38.1 Å². The third-order valence-corrected chi connectivity index (χ3v) is 6.66. The Morgan fingerprint density at radius 2 is 1.73 bits per heavy atom. The Morgan fingerprint density at radius 3 is 2.33 bits per heavy atom. The van der Waals surface area contributed by atoms with Gasteiger partial charge in [0.1, 0.15) is 5.69 Å². The van der Waals surface area contributed by atoms with E-state index in [0.717, 1.165) is 56.9 Å². The van der Waals surface area contributed by atoms with Gasteiger partial charge in [0.2, 0.25) is 0 Å². The van der Waals surface area contributed by atoms with Crippen molar-refractivity contribution in [3.63, 3.8) is 0 Å². The molecule has 1 amide bonds. The van der Waals surface area contributed by atoms with Crippen LogP contribution < -0.4 is 10.2 Å². The predicted octanol–water partition coefficient (Wildman–Crippen LogP) is 4.13. The lowest BCUT2D eigenvalue weighted by molar-refractivity contribution is 0.0929. The van der Waals surface area contributed by atoms with Gasteiger partial charge in [0.15, 0.2) is 0 Å². The standard InChI is InChI=1S/C25H38N4O/c1-7-19(4)26-25(30)24-20(5)23(28-15-13-27(8-2)14-16-28)21(6)29(24)17-22-12-10-9-11-18(22)3/h9-12,19H,7-8,13-17H2,1-6H3,(H,26,30)/t19-/m0/s1. The summed E-state index contributed by atoms with van der Waals surface area (Å²) in [5.41, 5.74) is 6.87. The molecule has 1 aliphatic rings.